The molecule has 1 atom stereocenters. The monoisotopic (exact) mass is 436 g/mol. The Bertz CT molecular complexity index is 1320. The lowest BCUT2D eigenvalue weighted by Crippen LogP contribution is -2.27. The summed E-state index contributed by atoms with van der Waals surface area (Å²) in [6, 6.07) is 7.96. The number of methoxy groups -OCH3 is 1. The molecule has 1 aliphatic heterocycles. The van der Waals surface area contributed by atoms with Crippen LogP contribution in [0.5, 0.6) is 11.6 Å². The summed E-state index contributed by atoms with van der Waals surface area (Å²) in [5.74, 6) is 1.29. The number of nitrogens with zero attached hydrogens (tertiary/aromatic N) is 3. The number of thiazole rings is 1. The van der Waals surface area contributed by atoms with Crippen LogP contribution in [0, 0.1) is 6.92 Å². The van der Waals surface area contributed by atoms with Crippen LogP contribution in [0.25, 0.3) is 31.8 Å². The SMILES string of the molecule is CNC(=O)OC[C@@H]1Cc2c(ccc3nc(-c4cc(C)cc5nc(OC)cnc45)sc23)O1. The van der Waals surface area contributed by atoms with Crippen molar-refractivity contribution in [2.24, 2.45) is 0 Å². The number of aryl methyl sites for hydroxylation is 1. The van der Waals surface area contributed by atoms with Gasteiger partial charge in [0.2, 0.25) is 5.88 Å². The molecule has 0 saturated heterocycles. The van der Waals surface area contributed by atoms with E-state index >= 15 is 0 Å². The number of carbonyl (C=O) groups excluding carboxylic acids is 1. The predicted molar refractivity (Wildman–Crippen MR) is 118 cm³/mol. The van der Waals surface area contributed by atoms with Gasteiger partial charge in [-0.3, -0.25) is 0 Å². The second kappa shape index (κ2) is 7.66. The van der Waals surface area contributed by atoms with Crippen molar-refractivity contribution in [2.45, 2.75) is 19.4 Å². The Balaban J connectivity index is 1.54. The second-order valence-electron chi connectivity index (χ2n) is 7.29. The maximum Gasteiger partial charge on any atom is 0.406 e. The minimum absolute atomic E-state index is 0.196. The first-order valence-electron chi connectivity index (χ1n) is 9.81. The number of benzene rings is 2. The number of ether oxygens (including phenoxy) is 3. The van der Waals surface area contributed by atoms with Crippen molar-refractivity contribution in [2.75, 3.05) is 20.8 Å². The molecule has 8 nitrogen and oxygen atoms in total. The Morgan fingerprint density at radius 2 is 2.16 bits per heavy atom. The number of aromatic nitrogens is 3. The zero-order valence-electron chi connectivity index (χ0n) is 17.3. The summed E-state index contributed by atoms with van der Waals surface area (Å²) in [5, 5.41) is 3.32. The van der Waals surface area contributed by atoms with Crippen LogP contribution in [0.3, 0.4) is 0 Å². The molecule has 31 heavy (non-hydrogen) atoms. The van der Waals surface area contributed by atoms with E-state index in [1.807, 2.05) is 25.1 Å². The molecule has 3 heterocycles. The summed E-state index contributed by atoms with van der Waals surface area (Å²) < 4.78 is 17.4. The van der Waals surface area contributed by atoms with E-state index in [0.717, 1.165) is 48.7 Å². The topological polar surface area (TPSA) is 95.5 Å². The lowest BCUT2D eigenvalue weighted by Gasteiger charge is -2.10. The second-order valence-corrected chi connectivity index (χ2v) is 8.29. The molecule has 4 aromatic rings. The smallest absolute Gasteiger partial charge is 0.406 e. The van der Waals surface area contributed by atoms with E-state index in [4.69, 9.17) is 19.2 Å². The molecule has 0 fully saturated rings. The number of nitrogens with one attached hydrogen (secondary N) is 1. The molecule has 0 aliphatic carbocycles. The molecule has 0 radical (unpaired) electrons. The minimum Gasteiger partial charge on any atom is -0.486 e. The van der Waals surface area contributed by atoms with Crippen LogP contribution in [0.2, 0.25) is 0 Å². The Morgan fingerprint density at radius 3 is 2.97 bits per heavy atom. The highest BCUT2D eigenvalue weighted by Gasteiger charge is 2.27. The summed E-state index contributed by atoms with van der Waals surface area (Å²) in [4.78, 5) is 25.4. The van der Waals surface area contributed by atoms with Crippen molar-refractivity contribution in [1.29, 1.82) is 0 Å². The molecular formula is C22H20N4O4S. The first-order chi connectivity index (χ1) is 15.1. The van der Waals surface area contributed by atoms with E-state index in [1.165, 1.54) is 7.05 Å². The quantitative estimate of drug-likeness (QED) is 0.519. The molecule has 1 amide bonds. The minimum atomic E-state index is -0.464. The molecule has 5 rings (SSSR count). The summed E-state index contributed by atoms with van der Waals surface area (Å²) in [7, 11) is 3.11. The van der Waals surface area contributed by atoms with Crippen LogP contribution in [0.1, 0.15) is 11.1 Å². The van der Waals surface area contributed by atoms with Gasteiger partial charge in [-0.15, -0.1) is 11.3 Å². The number of rotatable bonds is 4. The predicted octanol–water partition coefficient (Wildman–Crippen LogP) is 3.88. The molecule has 0 unspecified atom stereocenters. The van der Waals surface area contributed by atoms with E-state index < -0.39 is 6.09 Å². The van der Waals surface area contributed by atoms with Crippen LogP contribution in [0.4, 0.5) is 4.79 Å². The van der Waals surface area contributed by atoms with E-state index in [-0.39, 0.29) is 12.7 Å². The van der Waals surface area contributed by atoms with Crippen LogP contribution in [-0.2, 0) is 11.2 Å². The molecule has 0 bridgehead atoms. The summed E-state index contributed by atoms with van der Waals surface area (Å²) >= 11 is 1.61. The fourth-order valence-electron chi connectivity index (χ4n) is 3.74. The van der Waals surface area contributed by atoms with Crippen molar-refractivity contribution >= 4 is 38.7 Å². The van der Waals surface area contributed by atoms with Gasteiger partial charge in [0.15, 0.2) is 0 Å². The highest BCUT2D eigenvalue weighted by molar-refractivity contribution is 7.22. The Hall–Kier alpha value is -3.46. The molecule has 2 aromatic carbocycles. The van der Waals surface area contributed by atoms with Crippen LogP contribution >= 0.6 is 11.3 Å². The number of alkyl carbamates (subject to hydrolysis) is 1. The Labute approximate surface area is 182 Å². The third-order valence-corrected chi connectivity index (χ3v) is 6.32. The van der Waals surface area contributed by atoms with E-state index in [2.05, 4.69) is 21.4 Å². The van der Waals surface area contributed by atoms with Gasteiger partial charge < -0.3 is 19.5 Å². The first-order valence-corrected chi connectivity index (χ1v) is 10.6. The highest BCUT2D eigenvalue weighted by atomic mass is 32.1. The largest absolute Gasteiger partial charge is 0.486 e. The number of amides is 1. The van der Waals surface area contributed by atoms with Gasteiger partial charge in [0.05, 0.1) is 34.6 Å². The number of hydrogen-bond acceptors (Lipinski definition) is 8. The highest BCUT2D eigenvalue weighted by Crippen LogP contribution is 2.41. The molecule has 1 aliphatic rings. The molecule has 0 saturated carbocycles. The third kappa shape index (κ3) is 3.50. The van der Waals surface area contributed by atoms with Crippen molar-refractivity contribution in [3.63, 3.8) is 0 Å². The van der Waals surface area contributed by atoms with Crippen molar-refractivity contribution in [3.05, 3.63) is 41.6 Å². The zero-order valence-corrected chi connectivity index (χ0v) is 18.1. The lowest BCUT2D eigenvalue weighted by atomic mass is 10.1. The molecule has 0 spiro atoms. The maximum absolute atomic E-state index is 11.4. The van der Waals surface area contributed by atoms with Crippen LogP contribution < -0.4 is 14.8 Å². The summed E-state index contributed by atoms with van der Waals surface area (Å²) in [6.45, 7) is 2.22. The Kier molecular flexibility index (Phi) is 4.82. The van der Waals surface area contributed by atoms with Gasteiger partial charge in [-0.05, 0) is 36.8 Å². The summed E-state index contributed by atoms with van der Waals surface area (Å²) in [6.07, 6.45) is 1.61. The van der Waals surface area contributed by atoms with E-state index in [1.54, 1.807) is 24.6 Å². The number of fused-ring (bicyclic) bond motifs is 4. The molecule has 1 N–H and O–H groups in total. The van der Waals surface area contributed by atoms with Gasteiger partial charge in [0, 0.05) is 24.6 Å². The zero-order chi connectivity index (χ0) is 21.5. The molecule has 9 heteroatoms. The van der Waals surface area contributed by atoms with Gasteiger partial charge in [-0.25, -0.2) is 19.7 Å². The number of carbonyl (C=O) groups is 1. The average molecular weight is 436 g/mol. The first kappa shape index (κ1) is 19.5. The van der Waals surface area contributed by atoms with E-state index in [9.17, 15) is 4.79 Å². The molecule has 158 valence electrons. The fraction of sp³-hybridized carbons (Fsp3) is 0.273. The van der Waals surface area contributed by atoms with Gasteiger partial charge in [-0.1, -0.05) is 0 Å². The fourth-order valence-corrected chi connectivity index (χ4v) is 4.87. The molecule has 2 aromatic heterocycles. The van der Waals surface area contributed by atoms with E-state index in [0.29, 0.717) is 12.3 Å². The lowest BCUT2D eigenvalue weighted by molar-refractivity contribution is 0.0939. The van der Waals surface area contributed by atoms with Crippen molar-refractivity contribution in [3.8, 4) is 22.2 Å². The Morgan fingerprint density at radius 1 is 1.29 bits per heavy atom. The van der Waals surface area contributed by atoms with Gasteiger partial charge >= 0.3 is 6.09 Å². The third-order valence-electron chi connectivity index (χ3n) is 5.16. The van der Waals surface area contributed by atoms with Crippen LogP contribution in [-0.4, -0.2) is 47.9 Å². The van der Waals surface area contributed by atoms with Crippen molar-refractivity contribution in [1.82, 2.24) is 20.3 Å². The normalized spacial score (nSPS) is 15.0. The van der Waals surface area contributed by atoms with Gasteiger partial charge in [-0.2, -0.15) is 0 Å². The summed E-state index contributed by atoms with van der Waals surface area (Å²) in [5.41, 5.74) is 5.58. The maximum atomic E-state index is 11.4. The average Bonchev–Trinajstić information content (AvgIpc) is 3.39. The molecular weight excluding hydrogens is 416 g/mol. The van der Waals surface area contributed by atoms with Gasteiger partial charge in [0.1, 0.15) is 23.5 Å². The van der Waals surface area contributed by atoms with Gasteiger partial charge in [0.25, 0.3) is 0 Å². The standard InChI is InChI=1S/C22H20N4O4S/c1-11-6-14(19-16(7-11)25-18(28-3)9-24-19)21-26-15-4-5-17-13(20(15)31-21)8-12(30-17)10-29-22(27)23-2/h4-7,9,12H,8,10H2,1-3H3,(H,23,27)/t12-/m0/s1. The van der Waals surface area contributed by atoms with Crippen molar-refractivity contribution < 1.29 is 19.0 Å². The number of hydrogen-bond donors (Lipinski definition) is 1. The van der Waals surface area contributed by atoms with Crippen LogP contribution in [0.15, 0.2) is 30.5 Å².